The molecule has 0 bridgehead atoms. The van der Waals surface area contributed by atoms with Gasteiger partial charge in [-0.15, -0.1) is 0 Å². The summed E-state index contributed by atoms with van der Waals surface area (Å²) in [6.07, 6.45) is 0. The summed E-state index contributed by atoms with van der Waals surface area (Å²) < 4.78 is 0. The molecule has 0 N–H and O–H groups in total. The van der Waals surface area contributed by atoms with Crippen LogP contribution in [0, 0.1) is 15.3 Å². The quantitative estimate of drug-likeness (QED) is 0.256. The second-order valence-corrected chi connectivity index (χ2v) is 0.224. The van der Waals surface area contributed by atoms with E-state index >= 15 is 0 Å². The molecule has 0 aliphatic rings. The van der Waals surface area contributed by atoms with Crippen LogP contribution >= 0.6 is 0 Å². The Hall–Kier alpha value is -0.177. The minimum absolute atomic E-state index is 0. The summed E-state index contributed by atoms with van der Waals surface area (Å²) in [5.74, 6) is 0. The van der Waals surface area contributed by atoms with Gasteiger partial charge in [-0.2, -0.15) is 0 Å². The van der Waals surface area contributed by atoms with Gasteiger partial charge in [0.25, 0.3) is 0 Å². The van der Waals surface area contributed by atoms with E-state index in [4.69, 9.17) is 15.3 Å². The largest absolute Gasteiger partial charge is 2.00 e. The normalized spacial score (nSPS) is 4.80. The van der Waals surface area contributed by atoms with Crippen LogP contribution in [0.4, 0.5) is 0 Å². The molecule has 0 fully saturated rings. The third kappa shape index (κ3) is 407. The van der Waals surface area contributed by atoms with Crippen LogP contribution in [0.3, 0.4) is 0 Å². The van der Waals surface area contributed by atoms with Gasteiger partial charge in [0, 0.05) is 0 Å². The average molecular weight is 127 g/mol. The number of rotatable bonds is 0. The molecule has 0 saturated carbocycles. The number of hydrogen-bond acceptors (Lipinski definition) is 3. The monoisotopic (exact) mass is 126 g/mol. The Morgan fingerprint density at radius 3 is 1.40 bits per heavy atom. The molecule has 0 rings (SSSR count). The van der Waals surface area contributed by atoms with Gasteiger partial charge in [0.2, 0.25) is 0 Å². The zero-order valence-corrected chi connectivity index (χ0v) is 5.35. The first-order valence-electron chi connectivity index (χ1n) is 0.548. The standard InChI is InChI=1S/NO3.Zn/c2-1(3)4;/q-1;+2. The molecule has 0 saturated heterocycles. The second kappa shape index (κ2) is 3.82. The summed E-state index contributed by atoms with van der Waals surface area (Å²) in [4.78, 5) is 8.25. The van der Waals surface area contributed by atoms with Crippen molar-refractivity contribution in [3.8, 4) is 0 Å². The molecule has 4 nitrogen and oxygen atoms in total. The number of hydrogen-bond donors (Lipinski definition) is 0. The third-order valence-corrected chi connectivity index (χ3v) is 0. The maximum absolute atomic E-state index is 8.25. The third-order valence-electron chi connectivity index (χ3n) is 0. The van der Waals surface area contributed by atoms with Crippen LogP contribution in [0.1, 0.15) is 0 Å². The Kier molecular flexibility index (Phi) is 6.76. The van der Waals surface area contributed by atoms with Gasteiger partial charge in [-0.25, -0.2) is 0 Å². The molecular weight excluding hydrogens is 127 g/mol. The molecule has 0 aliphatic carbocycles. The van der Waals surface area contributed by atoms with E-state index in [0.29, 0.717) is 0 Å². The Labute approximate surface area is 40.7 Å². The average Bonchev–Trinajstić information content (AvgIpc) is 0.811. The van der Waals surface area contributed by atoms with Gasteiger partial charge < -0.3 is 15.3 Å². The fourth-order valence-corrected chi connectivity index (χ4v) is 0. The summed E-state index contributed by atoms with van der Waals surface area (Å²) in [6.45, 7) is 0. The summed E-state index contributed by atoms with van der Waals surface area (Å²) in [6, 6.07) is 0. The van der Waals surface area contributed by atoms with E-state index in [1.807, 2.05) is 0 Å². The van der Waals surface area contributed by atoms with Crippen molar-refractivity contribution in [1.82, 2.24) is 0 Å². The Morgan fingerprint density at radius 1 is 1.40 bits per heavy atom. The summed E-state index contributed by atoms with van der Waals surface area (Å²) in [7, 11) is 0. The van der Waals surface area contributed by atoms with Gasteiger partial charge in [-0.3, -0.25) is 0 Å². The van der Waals surface area contributed by atoms with Crippen molar-refractivity contribution in [2.75, 3.05) is 0 Å². The van der Waals surface area contributed by atoms with Gasteiger partial charge in [0.05, 0.1) is 5.09 Å². The summed E-state index contributed by atoms with van der Waals surface area (Å²) >= 11 is 0. The van der Waals surface area contributed by atoms with Crippen LogP contribution in [-0.4, -0.2) is 5.09 Å². The summed E-state index contributed by atoms with van der Waals surface area (Å²) in [5.41, 5.74) is 0. The topological polar surface area (TPSA) is 66.2 Å². The van der Waals surface area contributed by atoms with E-state index in [-0.39, 0.29) is 19.5 Å². The summed E-state index contributed by atoms with van der Waals surface area (Å²) in [5, 5.41) is 14.8. The van der Waals surface area contributed by atoms with E-state index in [2.05, 4.69) is 0 Å². The van der Waals surface area contributed by atoms with E-state index in [0.717, 1.165) is 0 Å². The molecule has 0 amide bonds. The van der Waals surface area contributed by atoms with Crippen LogP contribution in [0.15, 0.2) is 0 Å². The van der Waals surface area contributed by atoms with Gasteiger partial charge in [-0.1, -0.05) is 0 Å². The molecule has 0 atom stereocenters. The SMILES string of the molecule is O=[N+]([O-])[O-].[Zn+2]. The van der Waals surface area contributed by atoms with Gasteiger partial charge in [0.1, 0.15) is 0 Å². The van der Waals surface area contributed by atoms with Crippen molar-refractivity contribution in [2.45, 2.75) is 0 Å². The Morgan fingerprint density at radius 2 is 1.40 bits per heavy atom. The van der Waals surface area contributed by atoms with Crippen LogP contribution in [0.25, 0.3) is 0 Å². The molecule has 0 aromatic heterocycles. The molecule has 0 aromatic rings. The van der Waals surface area contributed by atoms with Crippen molar-refractivity contribution in [2.24, 2.45) is 0 Å². The van der Waals surface area contributed by atoms with Crippen molar-refractivity contribution in [3.05, 3.63) is 15.3 Å². The molecule has 0 heterocycles. The Balaban J connectivity index is 0. The van der Waals surface area contributed by atoms with Crippen molar-refractivity contribution in [1.29, 1.82) is 0 Å². The van der Waals surface area contributed by atoms with Crippen LogP contribution in [-0.2, 0) is 19.5 Å². The minimum atomic E-state index is -1.75. The Bertz CT molecular complexity index is 29.9. The smallest absolute Gasteiger partial charge is 0.356 e. The van der Waals surface area contributed by atoms with Crippen molar-refractivity contribution in [3.63, 3.8) is 0 Å². The van der Waals surface area contributed by atoms with Crippen LogP contribution in [0.2, 0.25) is 0 Å². The fourth-order valence-electron chi connectivity index (χ4n) is 0. The first-order valence-corrected chi connectivity index (χ1v) is 0.548. The molecule has 0 spiro atoms. The van der Waals surface area contributed by atoms with Crippen molar-refractivity contribution < 1.29 is 24.6 Å². The first kappa shape index (κ1) is 8.85. The zero-order valence-electron chi connectivity index (χ0n) is 2.38. The number of nitrogens with zero attached hydrogens (tertiary/aromatic N) is 1. The first-order chi connectivity index (χ1) is 1.73. The van der Waals surface area contributed by atoms with Crippen LogP contribution in [0.5, 0.6) is 0 Å². The fraction of sp³-hybridized carbons (Fsp3) is 0. The maximum Gasteiger partial charge on any atom is 2.00 e. The molecule has 5 heteroatoms. The van der Waals surface area contributed by atoms with E-state index < -0.39 is 5.09 Å². The molecule has 0 unspecified atom stereocenters. The predicted molar refractivity (Wildman–Crippen MR) is 10.4 cm³/mol. The molecule has 5 heavy (non-hydrogen) atoms. The maximum atomic E-state index is 8.25. The van der Waals surface area contributed by atoms with Crippen molar-refractivity contribution >= 4 is 0 Å². The predicted octanol–water partition coefficient (Wildman–Crippen LogP) is -0.242. The molecule has 0 aromatic carbocycles. The molecule has 0 aliphatic heterocycles. The van der Waals surface area contributed by atoms with Crippen LogP contribution < -0.4 is 0 Å². The van der Waals surface area contributed by atoms with E-state index in [1.54, 1.807) is 0 Å². The zero-order chi connectivity index (χ0) is 3.58. The van der Waals surface area contributed by atoms with Gasteiger partial charge in [-0.05, 0) is 0 Å². The van der Waals surface area contributed by atoms with Gasteiger partial charge in [0.15, 0.2) is 0 Å². The minimum Gasteiger partial charge on any atom is -0.356 e. The second-order valence-electron chi connectivity index (χ2n) is 0.224. The van der Waals surface area contributed by atoms with E-state index in [9.17, 15) is 0 Å². The molecule has 0 radical (unpaired) electrons. The van der Waals surface area contributed by atoms with E-state index in [1.165, 1.54) is 0 Å². The molecule has 24 valence electrons. The van der Waals surface area contributed by atoms with Gasteiger partial charge >= 0.3 is 19.5 Å². The molecular formula is NO3Zn+.